The number of benzene rings is 1. The Bertz CT molecular complexity index is 1150. The van der Waals surface area contributed by atoms with Crippen LogP contribution in [0.5, 0.6) is 0 Å². The molecule has 0 unspecified atom stereocenters. The van der Waals surface area contributed by atoms with Crippen LogP contribution >= 0.6 is 0 Å². The number of nitrogen functional groups attached to an aromatic ring is 1. The van der Waals surface area contributed by atoms with Crippen molar-refractivity contribution in [2.24, 2.45) is 0 Å². The number of carbonyl (C=O) groups excluding carboxylic acids is 1. The van der Waals surface area contributed by atoms with E-state index in [1.807, 2.05) is 29.2 Å². The molecule has 0 aliphatic carbocycles. The van der Waals surface area contributed by atoms with Crippen LogP contribution in [0.3, 0.4) is 0 Å². The number of hydrogen-bond acceptors (Lipinski definition) is 8. The first-order valence-electron chi connectivity index (χ1n) is 10.5. The molecule has 1 amide bonds. The van der Waals surface area contributed by atoms with Crippen LogP contribution in [0, 0.1) is 0 Å². The third-order valence-electron chi connectivity index (χ3n) is 5.40. The van der Waals surface area contributed by atoms with E-state index in [4.69, 9.17) is 10.5 Å². The maximum atomic E-state index is 13.2. The van der Waals surface area contributed by atoms with Crippen molar-refractivity contribution in [3.63, 3.8) is 0 Å². The van der Waals surface area contributed by atoms with Gasteiger partial charge in [-0.05, 0) is 23.8 Å². The van der Waals surface area contributed by atoms with Crippen molar-refractivity contribution in [1.82, 2.24) is 24.8 Å². The number of carbonyl (C=O) groups is 1. The topological polar surface area (TPSA) is 127 Å². The number of piperazine rings is 1. The second-order valence-electron chi connectivity index (χ2n) is 7.60. The van der Waals surface area contributed by atoms with Crippen LogP contribution in [0.4, 0.5) is 11.8 Å². The number of nitrogens with one attached hydrogen (secondary N) is 2. The molecule has 3 aromatic rings. The van der Waals surface area contributed by atoms with E-state index in [0.717, 1.165) is 18.7 Å². The van der Waals surface area contributed by atoms with Gasteiger partial charge in [0.05, 0.1) is 18.7 Å². The molecule has 1 fully saturated rings. The molecule has 10 nitrogen and oxygen atoms in total. The Hall–Kier alpha value is -3.50. The van der Waals surface area contributed by atoms with Gasteiger partial charge < -0.3 is 30.6 Å². The van der Waals surface area contributed by atoms with E-state index in [1.165, 1.54) is 0 Å². The van der Waals surface area contributed by atoms with Gasteiger partial charge in [-0.2, -0.15) is 4.98 Å². The number of hydrogen-bond donors (Lipinski definition) is 3. The first-order valence-corrected chi connectivity index (χ1v) is 10.5. The molecule has 168 valence electrons. The molecule has 1 saturated heterocycles. The van der Waals surface area contributed by atoms with Crippen molar-refractivity contribution in [1.29, 1.82) is 0 Å². The largest absolute Gasteiger partial charge is 0.383 e. The van der Waals surface area contributed by atoms with Crippen molar-refractivity contribution < 1.29 is 9.53 Å². The highest BCUT2D eigenvalue weighted by atomic mass is 16.5. The lowest BCUT2D eigenvalue weighted by Gasteiger charge is -2.27. The maximum absolute atomic E-state index is 13.2. The van der Waals surface area contributed by atoms with Gasteiger partial charge in [-0.25, -0.2) is 4.98 Å². The summed E-state index contributed by atoms with van der Waals surface area (Å²) in [6.07, 6.45) is 1.69. The summed E-state index contributed by atoms with van der Waals surface area (Å²) in [5.74, 6) is 0.516. The smallest absolute Gasteiger partial charge is 0.264 e. The average Bonchev–Trinajstić information content (AvgIpc) is 2.81. The summed E-state index contributed by atoms with van der Waals surface area (Å²) >= 11 is 0. The number of aromatic nitrogens is 3. The fourth-order valence-corrected chi connectivity index (χ4v) is 3.72. The summed E-state index contributed by atoms with van der Waals surface area (Å²) in [6, 6.07) is 9.13. The van der Waals surface area contributed by atoms with Crippen LogP contribution in [0.1, 0.15) is 15.9 Å². The Morgan fingerprint density at radius 1 is 1.19 bits per heavy atom. The molecule has 32 heavy (non-hydrogen) atoms. The van der Waals surface area contributed by atoms with Crippen LogP contribution in [-0.2, 0) is 11.3 Å². The Morgan fingerprint density at radius 2 is 1.94 bits per heavy atom. The Labute approximate surface area is 185 Å². The molecule has 4 N–H and O–H groups in total. The summed E-state index contributed by atoms with van der Waals surface area (Å²) < 4.78 is 6.65. The zero-order valence-corrected chi connectivity index (χ0v) is 18.0. The quantitative estimate of drug-likeness (QED) is 0.457. The van der Waals surface area contributed by atoms with Crippen LogP contribution < -0.4 is 21.9 Å². The van der Waals surface area contributed by atoms with E-state index in [9.17, 15) is 9.59 Å². The molecule has 0 atom stereocenters. The highest BCUT2D eigenvalue weighted by Crippen LogP contribution is 2.18. The highest BCUT2D eigenvalue weighted by molar-refractivity contribution is 5.94. The van der Waals surface area contributed by atoms with Gasteiger partial charge in [0.1, 0.15) is 11.2 Å². The number of pyridine rings is 1. The second kappa shape index (κ2) is 9.75. The number of ether oxygens (including phenoxy) is 1. The van der Waals surface area contributed by atoms with Gasteiger partial charge >= 0.3 is 0 Å². The van der Waals surface area contributed by atoms with Crippen molar-refractivity contribution in [3.05, 3.63) is 58.0 Å². The zero-order valence-electron chi connectivity index (χ0n) is 18.0. The second-order valence-corrected chi connectivity index (χ2v) is 7.60. The molecule has 0 spiro atoms. The van der Waals surface area contributed by atoms with Crippen molar-refractivity contribution in [2.45, 2.75) is 6.54 Å². The fraction of sp³-hybridized carbons (Fsp3) is 0.364. The molecule has 0 bridgehead atoms. The third-order valence-corrected chi connectivity index (χ3v) is 5.40. The van der Waals surface area contributed by atoms with Crippen LogP contribution in [0.2, 0.25) is 0 Å². The standard InChI is InChI=1S/C22H27N7O3/c1-32-13-9-25-19-18-17(26-22(23)27-19)6-10-29(21(18)31)14-15-2-4-16(5-3-15)20(30)28-11-7-24-8-12-28/h2-6,10,24H,7-9,11-14H2,1H3,(H3,23,25,26,27). The van der Waals surface area contributed by atoms with Gasteiger partial charge in [-0.3, -0.25) is 9.59 Å². The number of methoxy groups -OCH3 is 1. The zero-order chi connectivity index (χ0) is 22.5. The van der Waals surface area contributed by atoms with Crippen molar-refractivity contribution in [2.75, 3.05) is 57.5 Å². The lowest BCUT2D eigenvalue weighted by molar-refractivity contribution is 0.0736. The first kappa shape index (κ1) is 21.7. The highest BCUT2D eigenvalue weighted by Gasteiger charge is 2.18. The Morgan fingerprint density at radius 3 is 2.66 bits per heavy atom. The SMILES string of the molecule is COCCNc1nc(N)nc2ccn(Cc3ccc(C(=O)N4CCNCC4)cc3)c(=O)c12. The number of rotatable bonds is 7. The molecule has 2 aromatic heterocycles. The summed E-state index contributed by atoms with van der Waals surface area (Å²) in [5.41, 5.74) is 7.62. The Balaban J connectivity index is 1.56. The van der Waals surface area contributed by atoms with Gasteiger partial charge in [0, 0.05) is 51.6 Å². The summed E-state index contributed by atoms with van der Waals surface area (Å²) in [5, 5.41) is 6.72. The summed E-state index contributed by atoms with van der Waals surface area (Å²) in [7, 11) is 1.60. The predicted octanol–water partition coefficient (Wildman–Crippen LogP) is 0.526. The van der Waals surface area contributed by atoms with Gasteiger partial charge in [0.25, 0.3) is 11.5 Å². The molecule has 4 rings (SSSR count). The molecular weight excluding hydrogens is 410 g/mol. The number of nitrogens with zero attached hydrogens (tertiary/aromatic N) is 4. The monoisotopic (exact) mass is 437 g/mol. The lowest BCUT2D eigenvalue weighted by atomic mass is 10.1. The number of anilines is 2. The summed E-state index contributed by atoms with van der Waals surface area (Å²) in [6.45, 7) is 4.35. The normalized spacial score (nSPS) is 14.0. The minimum Gasteiger partial charge on any atom is -0.383 e. The minimum atomic E-state index is -0.219. The van der Waals surface area contributed by atoms with Gasteiger partial charge in [0.15, 0.2) is 0 Å². The molecule has 3 heterocycles. The first-order chi connectivity index (χ1) is 15.6. The minimum absolute atomic E-state index is 0.0300. The van der Waals surface area contributed by atoms with Gasteiger partial charge in [0.2, 0.25) is 5.95 Å². The third kappa shape index (κ3) is 4.71. The van der Waals surface area contributed by atoms with E-state index in [0.29, 0.717) is 55.1 Å². The summed E-state index contributed by atoms with van der Waals surface area (Å²) in [4.78, 5) is 36.1. The number of fused-ring (bicyclic) bond motifs is 1. The van der Waals surface area contributed by atoms with Crippen molar-refractivity contribution >= 4 is 28.6 Å². The molecule has 1 aliphatic heterocycles. The Kier molecular flexibility index (Phi) is 6.62. The lowest BCUT2D eigenvalue weighted by Crippen LogP contribution is -2.46. The molecule has 0 radical (unpaired) electrons. The van der Waals surface area contributed by atoms with E-state index in [1.54, 1.807) is 23.9 Å². The molecule has 1 aromatic carbocycles. The van der Waals surface area contributed by atoms with Gasteiger partial charge in [-0.15, -0.1) is 0 Å². The fourth-order valence-electron chi connectivity index (χ4n) is 3.72. The van der Waals surface area contributed by atoms with Crippen LogP contribution in [0.25, 0.3) is 10.9 Å². The van der Waals surface area contributed by atoms with Gasteiger partial charge in [-0.1, -0.05) is 12.1 Å². The molecule has 0 saturated carbocycles. The van der Waals surface area contributed by atoms with E-state index >= 15 is 0 Å². The van der Waals surface area contributed by atoms with Crippen LogP contribution in [0.15, 0.2) is 41.3 Å². The van der Waals surface area contributed by atoms with E-state index in [-0.39, 0.29) is 17.4 Å². The van der Waals surface area contributed by atoms with Crippen molar-refractivity contribution in [3.8, 4) is 0 Å². The van der Waals surface area contributed by atoms with Crippen LogP contribution in [-0.4, -0.2) is 71.8 Å². The van der Waals surface area contributed by atoms with E-state index in [2.05, 4.69) is 20.6 Å². The number of amides is 1. The average molecular weight is 438 g/mol. The molecular formula is C22H27N7O3. The maximum Gasteiger partial charge on any atom is 0.264 e. The molecule has 1 aliphatic rings. The molecule has 10 heteroatoms. The predicted molar refractivity (Wildman–Crippen MR) is 123 cm³/mol. The number of nitrogens with two attached hydrogens (primary N) is 1. The van der Waals surface area contributed by atoms with E-state index < -0.39 is 0 Å².